The Balaban J connectivity index is 2.71. The molecule has 0 unspecified atom stereocenters. The number of nitrogen functional groups attached to an aromatic ring is 1. The molecule has 0 atom stereocenters. The second-order valence-electron chi connectivity index (χ2n) is 3.71. The molecular weight excluding hydrogens is 256 g/mol. The van der Waals surface area contributed by atoms with Crippen LogP contribution >= 0.6 is 0 Å². The van der Waals surface area contributed by atoms with Gasteiger partial charge in [0, 0.05) is 18.8 Å². The number of aryl methyl sites for hydroxylation is 1. The van der Waals surface area contributed by atoms with Gasteiger partial charge in [0.05, 0.1) is 4.90 Å². The average Bonchev–Trinajstić information content (AvgIpc) is 2.23. The smallest absolute Gasteiger partial charge is 0.312 e. The zero-order valence-electron chi connectivity index (χ0n) is 9.93. The zero-order valence-corrected chi connectivity index (χ0v) is 10.8. The molecule has 0 saturated carbocycles. The van der Waals surface area contributed by atoms with E-state index in [2.05, 4.69) is 10.0 Å². The van der Waals surface area contributed by atoms with E-state index >= 15 is 0 Å². The molecule has 0 aliphatic heterocycles. The molecule has 0 spiro atoms. The van der Waals surface area contributed by atoms with Gasteiger partial charge in [-0.1, -0.05) is 0 Å². The minimum Gasteiger partial charge on any atom is -0.399 e. The molecule has 0 radical (unpaired) electrons. The standard InChI is InChI=1S/C10H16N4O3S/c1-7-6-8(11)2-3-9(7)18(16,17)14-5-4-13-10(12)15/h2-3,6,14H,4-5,11H2,1H3,(H3,12,13,15). The predicted molar refractivity (Wildman–Crippen MR) is 68.4 cm³/mol. The number of sulfonamides is 1. The molecular formula is C10H16N4O3S. The molecule has 18 heavy (non-hydrogen) atoms. The average molecular weight is 272 g/mol. The van der Waals surface area contributed by atoms with Crippen LogP contribution in [-0.4, -0.2) is 27.5 Å². The Hall–Kier alpha value is -1.80. The number of hydrogen-bond acceptors (Lipinski definition) is 4. The predicted octanol–water partition coefficient (Wildman–Crippen LogP) is -0.476. The van der Waals surface area contributed by atoms with Crippen molar-refractivity contribution in [1.29, 1.82) is 0 Å². The third kappa shape index (κ3) is 3.90. The van der Waals surface area contributed by atoms with Crippen LogP contribution in [0.4, 0.5) is 10.5 Å². The molecule has 1 aromatic carbocycles. The first-order valence-electron chi connectivity index (χ1n) is 5.22. The summed E-state index contributed by atoms with van der Waals surface area (Å²) in [4.78, 5) is 10.6. The molecule has 6 N–H and O–H groups in total. The van der Waals surface area contributed by atoms with Gasteiger partial charge in [0.15, 0.2) is 0 Å². The summed E-state index contributed by atoms with van der Waals surface area (Å²) >= 11 is 0. The number of anilines is 1. The highest BCUT2D eigenvalue weighted by Crippen LogP contribution is 2.17. The topological polar surface area (TPSA) is 127 Å². The van der Waals surface area contributed by atoms with Crippen LogP contribution in [0.1, 0.15) is 5.56 Å². The molecule has 1 aromatic rings. The third-order valence-corrected chi connectivity index (χ3v) is 3.83. The lowest BCUT2D eigenvalue weighted by Gasteiger charge is -2.09. The van der Waals surface area contributed by atoms with E-state index in [1.165, 1.54) is 12.1 Å². The summed E-state index contributed by atoms with van der Waals surface area (Å²) in [5, 5.41) is 2.29. The normalized spacial score (nSPS) is 11.2. The van der Waals surface area contributed by atoms with Crippen molar-refractivity contribution in [3.8, 4) is 0 Å². The fourth-order valence-corrected chi connectivity index (χ4v) is 2.68. The molecule has 0 aromatic heterocycles. The second-order valence-corrected chi connectivity index (χ2v) is 5.45. The van der Waals surface area contributed by atoms with Gasteiger partial charge in [0.1, 0.15) is 0 Å². The maximum Gasteiger partial charge on any atom is 0.312 e. The van der Waals surface area contributed by atoms with Crippen molar-refractivity contribution >= 4 is 21.7 Å². The molecule has 0 saturated heterocycles. The molecule has 1 rings (SSSR count). The summed E-state index contributed by atoms with van der Waals surface area (Å²) in [5.41, 5.74) is 11.5. The quantitative estimate of drug-likeness (QED) is 0.426. The first-order valence-corrected chi connectivity index (χ1v) is 6.70. The number of primary amides is 1. The van der Waals surface area contributed by atoms with Crippen molar-refractivity contribution in [2.45, 2.75) is 11.8 Å². The third-order valence-electron chi connectivity index (χ3n) is 2.20. The largest absolute Gasteiger partial charge is 0.399 e. The van der Waals surface area contributed by atoms with Crippen molar-refractivity contribution < 1.29 is 13.2 Å². The number of urea groups is 1. The molecule has 0 heterocycles. The van der Waals surface area contributed by atoms with E-state index in [9.17, 15) is 13.2 Å². The Kier molecular flexibility index (Phi) is 4.51. The van der Waals surface area contributed by atoms with Crippen molar-refractivity contribution in [2.24, 2.45) is 5.73 Å². The Morgan fingerprint density at radius 3 is 2.56 bits per heavy atom. The van der Waals surface area contributed by atoms with E-state index in [0.29, 0.717) is 11.3 Å². The van der Waals surface area contributed by atoms with Crippen LogP contribution in [0, 0.1) is 6.92 Å². The fraction of sp³-hybridized carbons (Fsp3) is 0.300. The highest BCUT2D eigenvalue weighted by molar-refractivity contribution is 7.89. The van der Waals surface area contributed by atoms with E-state index in [4.69, 9.17) is 11.5 Å². The van der Waals surface area contributed by atoms with Gasteiger partial charge in [0.25, 0.3) is 0 Å². The highest BCUT2D eigenvalue weighted by Gasteiger charge is 2.15. The number of rotatable bonds is 5. The van der Waals surface area contributed by atoms with E-state index < -0.39 is 16.1 Å². The van der Waals surface area contributed by atoms with Crippen LogP contribution in [0.2, 0.25) is 0 Å². The molecule has 100 valence electrons. The molecule has 7 nitrogen and oxygen atoms in total. The summed E-state index contributed by atoms with van der Waals surface area (Å²) in [6.45, 7) is 1.85. The maximum atomic E-state index is 11.9. The summed E-state index contributed by atoms with van der Waals surface area (Å²) in [6, 6.07) is 3.84. The molecule has 8 heteroatoms. The van der Waals surface area contributed by atoms with Gasteiger partial charge < -0.3 is 16.8 Å². The number of benzene rings is 1. The van der Waals surface area contributed by atoms with Crippen molar-refractivity contribution in [3.63, 3.8) is 0 Å². The SMILES string of the molecule is Cc1cc(N)ccc1S(=O)(=O)NCCNC(N)=O. The van der Waals surface area contributed by atoms with Crippen LogP contribution < -0.4 is 21.5 Å². The molecule has 0 fully saturated rings. The number of nitrogens with two attached hydrogens (primary N) is 2. The van der Waals surface area contributed by atoms with Crippen LogP contribution in [0.3, 0.4) is 0 Å². The van der Waals surface area contributed by atoms with E-state index in [0.717, 1.165) is 0 Å². The van der Waals surface area contributed by atoms with Crippen molar-refractivity contribution in [2.75, 3.05) is 18.8 Å². The van der Waals surface area contributed by atoms with Gasteiger partial charge >= 0.3 is 6.03 Å². The second kappa shape index (κ2) is 5.69. The number of carbonyl (C=O) groups is 1. The molecule has 0 aliphatic rings. The van der Waals surface area contributed by atoms with E-state index in [1.807, 2.05) is 0 Å². The first-order chi connectivity index (χ1) is 8.33. The van der Waals surface area contributed by atoms with E-state index in [1.54, 1.807) is 13.0 Å². The van der Waals surface area contributed by atoms with Crippen LogP contribution in [0.25, 0.3) is 0 Å². The number of nitrogens with one attached hydrogen (secondary N) is 2. The fourth-order valence-electron chi connectivity index (χ4n) is 1.42. The van der Waals surface area contributed by atoms with Crippen molar-refractivity contribution in [1.82, 2.24) is 10.0 Å². The lowest BCUT2D eigenvalue weighted by molar-refractivity contribution is 0.249. The van der Waals surface area contributed by atoms with E-state index in [-0.39, 0.29) is 18.0 Å². The van der Waals surface area contributed by atoms with Gasteiger partial charge in [-0.15, -0.1) is 0 Å². The Labute approximate surface area is 106 Å². The van der Waals surface area contributed by atoms with Gasteiger partial charge in [-0.2, -0.15) is 0 Å². The minimum absolute atomic E-state index is 0.0646. The van der Waals surface area contributed by atoms with Crippen molar-refractivity contribution in [3.05, 3.63) is 23.8 Å². The Morgan fingerprint density at radius 2 is 2.00 bits per heavy atom. The Morgan fingerprint density at radius 1 is 1.33 bits per heavy atom. The lowest BCUT2D eigenvalue weighted by Crippen LogP contribution is -2.37. The van der Waals surface area contributed by atoms with Gasteiger partial charge in [-0.25, -0.2) is 17.9 Å². The Bertz CT molecular complexity index is 542. The number of amides is 2. The number of carbonyl (C=O) groups excluding carboxylic acids is 1. The summed E-state index contributed by atoms with van der Waals surface area (Å²) in [7, 11) is -3.60. The summed E-state index contributed by atoms with van der Waals surface area (Å²) in [6.07, 6.45) is 0. The maximum absolute atomic E-state index is 11.9. The zero-order chi connectivity index (χ0) is 13.8. The lowest BCUT2D eigenvalue weighted by atomic mass is 10.2. The summed E-state index contributed by atoms with van der Waals surface area (Å²) in [5.74, 6) is 0. The molecule has 2 amide bonds. The highest BCUT2D eigenvalue weighted by atomic mass is 32.2. The monoisotopic (exact) mass is 272 g/mol. The molecule has 0 bridgehead atoms. The van der Waals surface area contributed by atoms with Gasteiger partial charge in [0.2, 0.25) is 10.0 Å². The first kappa shape index (κ1) is 14.3. The minimum atomic E-state index is -3.60. The van der Waals surface area contributed by atoms with Crippen LogP contribution in [-0.2, 0) is 10.0 Å². The van der Waals surface area contributed by atoms with Crippen LogP contribution in [0.15, 0.2) is 23.1 Å². The van der Waals surface area contributed by atoms with Crippen LogP contribution in [0.5, 0.6) is 0 Å². The molecule has 0 aliphatic carbocycles. The van der Waals surface area contributed by atoms with Gasteiger partial charge in [-0.3, -0.25) is 0 Å². The van der Waals surface area contributed by atoms with Gasteiger partial charge in [-0.05, 0) is 30.7 Å². The summed E-state index contributed by atoms with van der Waals surface area (Å²) < 4.78 is 26.2. The number of hydrogen-bond donors (Lipinski definition) is 4.